The first-order valence-electron chi connectivity index (χ1n) is 7.34. The van der Waals surface area contributed by atoms with Gasteiger partial charge in [0.1, 0.15) is 0 Å². The standard InChI is InChI=1S/C14H20N4O3.ClH/c1-21-14(20)9-3-2-6-18(8-9)13(19)12-10-7-15-5-4-11(10)16-17-12;/h9,15H,2-8H2,1H3,(H,16,17);1H. The summed E-state index contributed by atoms with van der Waals surface area (Å²) in [6, 6.07) is 0. The van der Waals surface area contributed by atoms with E-state index in [2.05, 4.69) is 15.5 Å². The number of hydrogen-bond donors (Lipinski definition) is 2. The average Bonchev–Trinajstić information content (AvgIpc) is 2.97. The lowest BCUT2D eigenvalue weighted by molar-refractivity contribution is -0.146. The summed E-state index contributed by atoms with van der Waals surface area (Å²) in [6.45, 7) is 2.65. The molecule has 7 nitrogen and oxygen atoms in total. The zero-order valence-corrected chi connectivity index (χ0v) is 13.4. The minimum Gasteiger partial charge on any atom is -0.469 e. The molecular weight excluding hydrogens is 308 g/mol. The lowest BCUT2D eigenvalue weighted by Gasteiger charge is -2.31. The number of hydrogen-bond acceptors (Lipinski definition) is 5. The van der Waals surface area contributed by atoms with Crippen LogP contribution in [-0.4, -0.2) is 53.7 Å². The number of amides is 1. The fourth-order valence-electron chi connectivity index (χ4n) is 3.07. The van der Waals surface area contributed by atoms with E-state index in [9.17, 15) is 9.59 Å². The van der Waals surface area contributed by atoms with E-state index in [-0.39, 0.29) is 30.2 Å². The zero-order chi connectivity index (χ0) is 14.8. The third kappa shape index (κ3) is 3.10. The number of nitrogens with one attached hydrogen (secondary N) is 2. The molecular formula is C14H21ClN4O3. The van der Waals surface area contributed by atoms with E-state index < -0.39 is 0 Å². The SMILES string of the molecule is COC(=O)C1CCCN(C(=O)c2n[nH]c3c2CNCC3)C1.Cl. The maximum absolute atomic E-state index is 12.7. The second kappa shape index (κ2) is 7.11. The van der Waals surface area contributed by atoms with Gasteiger partial charge in [0, 0.05) is 43.9 Å². The van der Waals surface area contributed by atoms with Gasteiger partial charge < -0.3 is 15.0 Å². The van der Waals surface area contributed by atoms with E-state index in [0.29, 0.717) is 25.3 Å². The molecule has 0 aliphatic carbocycles. The van der Waals surface area contributed by atoms with Crippen molar-refractivity contribution in [2.45, 2.75) is 25.8 Å². The summed E-state index contributed by atoms with van der Waals surface area (Å²) < 4.78 is 4.79. The number of carbonyl (C=O) groups excluding carboxylic acids is 2. The van der Waals surface area contributed by atoms with Crippen molar-refractivity contribution in [3.8, 4) is 0 Å². The predicted octanol–water partition coefficient (Wildman–Crippen LogP) is 0.502. The van der Waals surface area contributed by atoms with Gasteiger partial charge in [-0.25, -0.2) is 0 Å². The topological polar surface area (TPSA) is 87.3 Å². The maximum Gasteiger partial charge on any atom is 0.310 e. The summed E-state index contributed by atoms with van der Waals surface area (Å²) in [7, 11) is 1.39. The number of rotatable bonds is 2. The average molecular weight is 329 g/mol. The third-order valence-electron chi connectivity index (χ3n) is 4.25. The van der Waals surface area contributed by atoms with Crippen molar-refractivity contribution < 1.29 is 14.3 Å². The number of aromatic nitrogens is 2. The van der Waals surface area contributed by atoms with Crippen LogP contribution in [0.5, 0.6) is 0 Å². The fourth-order valence-corrected chi connectivity index (χ4v) is 3.07. The lowest BCUT2D eigenvalue weighted by atomic mass is 9.97. The van der Waals surface area contributed by atoms with Crippen LogP contribution >= 0.6 is 12.4 Å². The molecule has 2 N–H and O–H groups in total. The van der Waals surface area contributed by atoms with Gasteiger partial charge in [-0.2, -0.15) is 5.10 Å². The molecule has 1 aromatic heterocycles. The van der Waals surface area contributed by atoms with Crippen LogP contribution in [0.3, 0.4) is 0 Å². The largest absolute Gasteiger partial charge is 0.469 e. The van der Waals surface area contributed by atoms with Gasteiger partial charge in [0.2, 0.25) is 0 Å². The van der Waals surface area contributed by atoms with E-state index in [1.165, 1.54) is 7.11 Å². The molecule has 1 fully saturated rings. The molecule has 1 unspecified atom stereocenters. The number of ether oxygens (including phenoxy) is 1. The molecule has 0 aromatic carbocycles. The number of carbonyl (C=O) groups is 2. The molecule has 1 amide bonds. The first-order valence-corrected chi connectivity index (χ1v) is 7.34. The van der Waals surface area contributed by atoms with Crippen LogP contribution in [0.1, 0.15) is 34.6 Å². The van der Waals surface area contributed by atoms with Gasteiger partial charge in [-0.1, -0.05) is 0 Å². The van der Waals surface area contributed by atoms with Gasteiger partial charge in [0.05, 0.1) is 13.0 Å². The monoisotopic (exact) mass is 328 g/mol. The van der Waals surface area contributed by atoms with Gasteiger partial charge in [-0.05, 0) is 12.8 Å². The number of piperidine rings is 1. The molecule has 2 aliphatic rings. The number of nitrogens with zero attached hydrogens (tertiary/aromatic N) is 2. The second-order valence-corrected chi connectivity index (χ2v) is 5.57. The Bertz CT molecular complexity index is 560. The fraction of sp³-hybridized carbons (Fsp3) is 0.643. The summed E-state index contributed by atoms with van der Waals surface area (Å²) in [4.78, 5) is 26.0. The number of aromatic amines is 1. The Labute approximate surface area is 135 Å². The molecule has 0 radical (unpaired) electrons. The first kappa shape index (κ1) is 16.8. The highest BCUT2D eigenvalue weighted by Crippen LogP contribution is 2.22. The van der Waals surface area contributed by atoms with Crippen LogP contribution in [0.2, 0.25) is 0 Å². The van der Waals surface area contributed by atoms with E-state index in [1.54, 1.807) is 4.90 Å². The van der Waals surface area contributed by atoms with E-state index in [1.807, 2.05) is 0 Å². The quantitative estimate of drug-likeness (QED) is 0.772. The number of likely N-dealkylation sites (tertiary alicyclic amines) is 1. The molecule has 1 saturated heterocycles. The number of H-pyrrole nitrogens is 1. The Morgan fingerprint density at radius 2 is 2.23 bits per heavy atom. The maximum atomic E-state index is 12.7. The number of halogens is 1. The molecule has 3 rings (SSSR count). The summed E-state index contributed by atoms with van der Waals surface area (Å²) in [5.41, 5.74) is 2.49. The van der Waals surface area contributed by atoms with Crippen molar-refractivity contribution in [1.29, 1.82) is 0 Å². The molecule has 3 heterocycles. The number of methoxy groups -OCH3 is 1. The lowest BCUT2D eigenvalue weighted by Crippen LogP contribution is -2.43. The van der Waals surface area contributed by atoms with Crippen LogP contribution in [0.4, 0.5) is 0 Å². The van der Waals surface area contributed by atoms with Crippen LogP contribution < -0.4 is 5.32 Å². The van der Waals surface area contributed by atoms with Crippen LogP contribution in [0, 0.1) is 5.92 Å². The highest BCUT2D eigenvalue weighted by atomic mass is 35.5. The smallest absolute Gasteiger partial charge is 0.310 e. The number of fused-ring (bicyclic) bond motifs is 1. The second-order valence-electron chi connectivity index (χ2n) is 5.57. The van der Waals surface area contributed by atoms with Gasteiger partial charge in [-0.3, -0.25) is 14.7 Å². The van der Waals surface area contributed by atoms with Crippen LogP contribution in [-0.2, 0) is 22.5 Å². The third-order valence-corrected chi connectivity index (χ3v) is 4.25. The van der Waals surface area contributed by atoms with Crippen molar-refractivity contribution in [3.63, 3.8) is 0 Å². The van der Waals surface area contributed by atoms with Gasteiger partial charge >= 0.3 is 5.97 Å². The Kier molecular flexibility index (Phi) is 5.42. The minimum absolute atomic E-state index is 0. The van der Waals surface area contributed by atoms with Crippen molar-refractivity contribution in [1.82, 2.24) is 20.4 Å². The van der Waals surface area contributed by atoms with E-state index in [4.69, 9.17) is 4.74 Å². The Morgan fingerprint density at radius 1 is 1.41 bits per heavy atom. The molecule has 0 saturated carbocycles. The molecule has 22 heavy (non-hydrogen) atoms. The zero-order valence-electron chi connectivity index (χ0n) is 12.6. The summed E-state index contributed by atoms with van der Waals surface area (Å²) in [5.74, 6) is -0.552. The summed E-state index contributed by atoms with van der Waals surface area (Å²) >= 11 is 0. The highest BCUT2D eigenvalue weighted by molar-refractivity contribution is 5.94. The van der Waals surface area contributed by atoms with E-state index in [0.717, 1.165) is 37.1 Å². The normalized spacial score (nSPS) is 20.8. The van der Waals surface area contributed by atoms with Crippen LogP contribution in [0.25, 0.3) is 0 Å². The van der Waals surface area contributed by atoms with Crippen molar-refractivity contribution in [2.75, 3.05) is 26.7 Å². The molecule has 8 heteroatoms. The molecule has 0 spiro atoms. The first-order chi connectivity index (χ1) is 10.2. The highest BCUT2D eigenvalue weighted by Gasteiger charge is 2.32. The van der Waals surface area contributed by atoms with E-state index >= 15 is 0 Å². The Balaban J connectivity index is 0.00000176. The predicted molar refractivity (Wildman–Crippen MR) is 81.9 cm³/mol. The molecule has 1 atom stereocenters. The van der Waals surface area contributed by atoms with Crippen molar-refractivity contribution in [2.24, 2.45) is 5.92 Å². The van der Waals surface area contributed by atoms with Crippen LogP contribution in [0.15, 0.2) is 0 Å². The minimum atomic E-state index is -0.238. The Morgan fingerprint density at radius 3 is 3.00 bits per heavy atom. The molecule has 0 bridgehead atoms. The Hall–Kier alpha value is -1.60. The molecule has 1 aromatic rings. The molecule has 2 aliphatic heterocycles. The van der Waals surface area contributed by atoms with Crippen molar-refractivity contribution >= 4 is 24.3 Å². The van der Waals surface area contributed by atoms with Gasteiger partial charge in [-0.15, -0.1) is 12.4 Å². The molecule has 122 valence electrons. The summed E-state index contributed by atoms with van der Waals surface area (Å²) in [6.07, 6.45) is 2.45. The van der Waals surface area contributed by atoms with Gasteiger partial charge in [0.15, 0.2) is 5.69 Å². The van der Waals surface area contributed by atoms with Crippen molar-refractivity contribution in [3.05, 3.63) is 17.0 Å². The van der Waals surface area contributed by atoms with Gasteiger partial charge in [0.25, 0.3) is 5.91 Å². The number of esters is 1. The summed E-state index contributed by atoms with van der Waals surface area (Å²) in [5, 5.41) is 10.4.